The van der Waals surface area contributed by atoms with E-state index in [1.165, 1.54) is 0 Å². The lowest BCUT2D eigenvalue weighted by Crippen LogP contribution is -2.34. The normalized spacial score (nSPS) is 11.7. The Balaban J connectivity index is 3.25. The van der Waals surface area contributed by atoms with Crippen molar-refractivity contribution in [3.63, 3.8) is 0 Å². The monoisotopic (exact) mass is 276 g/mol. The highest BCUT2D eigenvalue weighted by Crippen LogP contribution is 2.05. The molecule has 6 heteroatoms. The minimum atomic E-state index is -0.467. The quantitative estimate of drug-likeness (QED) is 0.639. The average molecular weight is 276 g/mol. The molecule has 0 aliphatic heterocycles. The van der Waals surface area contributed by atoms with Crippen LogP contribution in [0.1, 0.15) is 20.8 Å². The van der Waals surface area contributed by atoms with Gasteiger partial charge in [0.1, 0.15) is 5.60 Å². The first-order chi connectivity index (χ1) is 8.81. The van der Waals surface area contributed by atoms with Crippen molar-refractivity contribution in [2.24, 2.45) is 0 Å². The van der Waals surface area contributed by atoms with Crippen molar-refractivity contribution in [3.8, 4) is 0 Å². The molecule has 0 aromatic heterocycles. The fraction of sp³-hybridized carbons (Fsp3) is 0.923. The number of alkyl carbamates (subject to hydrolysis) is 1. The summed E-state index contributed by atoms with van der Waals surface area (Å²) in [5.41, 5.74) is -0.467. The van der Waals surface area contributed by atoms with Crippen molar-refractivity contribution in [3.05, 3.63) is 0 Å². The Labute approximate surface area is 116 Å². The first kappa shape index (κ1) is 18.1. The number of rotatable bonds is 9. The average Bonchev–Trinajstić information content (AvgIpc) is 2.24. The number of hydrogen-bond acceptors (Lipinski definition) is 5. The van der Waals surface area contributed by atoms with Crippen LogP contribution in [0, 0.1) is 0 Å². The zero-order valence-electron chi connectivity index (χ0n) is 12.8. The largest absolute Gasteiger partial charge is 0.444 e. The van der Waals surface area contributed by atoms with E-state index in [1.54, 1.807) is 0 Å². The summed E-state index contributed by atoms with van der Waals surface area (Å²) in [6.45, 7) is 9.08. The van der Waals surface area contributed by atoms with Gasteiger partial charge in [0.15, 0.2) is 0 Å². The van der Waals surface area contributed by atoms with Crippen LogP contribution in [0.3, 0.4) is 0 Å². The third-order valence-corrected chi connectivity index (χ3v) is 1.97. The van der Waals surface area contributed by atoms with Crippen molar-refractivity contribution in [1.29, 1.82) is 0 Å². The SMILES string of the molecule is CN(C)CCOCCOCCNC(=O)OC(C)(C)C. The van der Waals surface area contributed by atoms with E-state index >= 15 is 0 Å². The molecule has 0 rings (SSSR count). The number of carbonyl (C=O) groups is 1. The lowest BCUT2D eigenvalue weighted by Gasteiger charge is -2.19. The highest BCUT2D eigenvalue weighted by molar-refractivity contribution is 5.67. The summed E-state index contributed by atoms with van der Waals surface area (Å²) in [6, 6.07) is 0. The second-order valence-corrected chi connectivity index (χ2v) is 5.46. The van der Waals surface area contributed by atoms with E-state index in [1.807, 2.05) is 34.9 Å². The summed E-state index contributed by atoms with van der Waals surface area (Å²) >= 11 is 0. The number of hydrogen-bond donors (Lipinski definition) is 1. The molecule has 19 heavy (non-hydrogen) atoms. The zero-order chi connectivity index (χ0) is 14.7. The molecule has 0 aliphatic rings. The number of ether oxygens (including phenoxy) is 3. The minimum Gasteiger partial charge on any atom is -0.444 e. The third-order valence-electron chi connectivity index (χ3n) is 1.97. The van der Waals surface area contributed by atoms with Crippen molar-refractivity contribution in [2.75, 3.05) is 53.6 Å². The third kappa shape index (κ3) is 15.1. The fourth-order valence-corrected chi connectivity index (χ4v) is 1.11. The van der Waals surface area contributed by atoms with Crippen LogP contribution in [0.15, 0.2) is 0 Å². The Kier molecular flexibility index (Phi) is 9.55. The van der Waals surface area contributed by atoms with Crippen LogP contribution in [0.25, 0.3) is 0 Å². The summed E-state index contributed by atoms with van der Waals surface area (Å²) in [6.07, 6.45) is -0.418. The molecule has 0 saturated heterocycles. The van der Waals surface area contributed by atoms with Crippen LogP contribution in [0.2, 0.25) is 0 Å². The topological polar surface area (TPSA) is 60.0 Å². The predicted octanol–water partition coefficient (Wildman–Crippen LogP) is 1.11. The van der Waals surface area contributed by atoms with Crippen molar-refractivity contribution in [1.82, 2.24) is 10.2 Å². The number of nitrogens with zero attached hydrogens (tertiary/aromatic N) is 1. The molecule has 6 nitrogen and oxygen atoms in total. The number of likely N-dealkylation sites (N-methyl/N-ethyl adjacent to an activating group) is 1. The van der Waals surface area contributed by atoms with E-state index in [0.29, 0.717) is 33.0 Å². The molecule has 114 valence electrons. The Morgan fingerprint density at radius 1 is 1.05 bits per heavy atom. The molecule has 0 aliphatic carbocycles. The zero-order valence-corrected chi connectivity index (χ0v) is 12.8. The summed E-state index contributed by atoms with van der Waals surface area (Å²) in [5.74, 6) is 0. The molecule has 0 aromatic carbocycles. The number of carbonyl (C=O) groups excluding carboxylic acids is 1. The van der Waals surface area contributed by atoms with Gasteiger partial charge in [-0.2, -0.15) is 0 Å². The molecule has 0 saturated carbocycles. The Hall–Kier alpha value is -0.850. The molecular weight excluding hydrogens is 248 g/mol. The molecule has 1 amide bonds. The van der Waals surface area contributed by atoms with Gasteiger partial charge in [-0.05, 0) is 34.9 Å². The van der Waals surface area contributed by atoms with Gasteiger partial charge in [-0.15, -0.1) is 0 Å². The lowest BCUT2D eigenvalue weighted by molar-refractivity contribution is 0.0371. The molecule has 1 N–H and O–H groups in total. The second-order valence-electron chi connectivity index (χ2n) is 5.46. The minimum absolute atomic E-state index is 0.418. The molecule has 0 heterocycles. The van der Waals surface area contributed by atoms with Gasteiger partial charge in [-0.3, -0.25) is 0 Å². The maximum Gasteiger partial charge on any atom is 0.407 e. The second kappa shape index (κ2) is 10.00. The Morgan fingerprint density at radius 2 is 1.63 bits per heavy atom. The predicted molar refractivity (Wildman–Crippen MR) is 74.4 cm³/mol. The van der Waals surface area contributed by atoms with Gasteiger partial charge in [-0.1, -0.05) is 0 Å². The first-order valence-electron chi connectivity index (χ1n) is 6.58. The van der Waals surface area contributed by atoms with Gasteiger partial charge in [0, 0.05) is 13.1 Å². The maximum atomic E-state index is 11.3. The van der Waals surface area contributed by atoms with Gasteiger partial charge < -0.3 is 24.4 Å². The van der Waals surface area contributed by atoms with Crippen LogP contribution in [0.5, 0.6) is 0 Å². The smallest absolute Gasteiger partial charge is 0.407 e. The Morgan fingerprint density at radius 3 is 2.16 bits per heavy atom. The number of amides is 1. The van der Waals surface area contributed by atoms with Crippen LogP contribution in [0.4, 0.5) is 4.79 Å². The summed E-state index contributed by atoms with van der Waals surface area (Å²) in [4.78, 5) is 13.3. The van der Waals surface area contributed by atoms with Crippen LogP contribution in [-0.2, 0) is 14.2 Å². The summed E-state index contributed by atoms with van der Waals surface area (Å²) in [5, 5.41) is 2.62. The van der Waals surface area contributed by atoms with Crippen LogP contribution >= 0.6 is 0 Å². The molecule has 0 aromatic rings. The molecule has 0 atom stereocenters. The van der Waals surface area contributed by atoms with Gasteiger partial charge in [0.25, 0.3) is 0 Å². The van der Waals surface area contributed by atoms with Crippen molar-refractivity contribution in [2.45, 2.75) is 26.4 Å². The molecule has 0 radical (unpaired) electrons. The van der Waals surface area contributed by atoms with E-state index in [0.717, 1.165) is 6.54 Å². The van der Waals surface area contributed by atoms with E-state index in [-0.39, 0.29) is 0 Å². The van der Waals surface area contributed by atoms with E-state index in [4.69, 9.17) is 14.2 Å². The molecule has 0 bridgehead atoms. The van der Waals surface area contributed by atoms with E-state index in [2.05, 4.69) is 10.2 Å². The van der Waals surface area contributed by atoms with E-state index in [9.17, 15) is 4.79 Å². The Bertz CT molecular complexity index is 239. The van der Waals surface area contributed by atoms with Gasteiger partial charge in [0.05, 0.1) is 26.4 Å². The first-order valence-corrected chi connectivity index (χ1v) is 6.58. The highest BCUT2D eigenvalue weighted by Gasteiger charge is 2.15. The van der Waals surface area contributed by atoms with Crippen molar-refractivity contribution >= 4 is 6.09 Å². The van der Waals surface area contributed by atoms with E-state index < -0.39 is 11.7 Å². The molecule has 0 fully saturated rings. The molecular formula is C13H28N2O4. The number of nitrogens with one attached hydrogen (secondary N) is 1. The van der Waals surface area contributed by atoms with Gasteiger partial charge in [0.2, 0.25) is 0 Å². The molecule has 0 unspecified atom stereocenters. The standard InChI is InChI=1S/C13H28N2O4/c1-13(2,3)19-12(16)14-6-8-17-10-11-18-9-7-15(4)5/h6-11H2,1-5H3,(H,14,16). The van der Waals surface area contributed by atoms with Crippen molar-refractivity contribution < 1.29 is 19.0 Å². The highest BCUT2D eigenvalue weighted by atomic mass is 16.6. The molecule has 0 spiro atoms. The van der Waals surface area contributed by atoms with Gasteiger partial charge >= 0.3 is 6.09 Å². The maximum absolute atomic E-state index is 11.3. The fourth-order valence-electron chi connectivity index (χ4n) is 1.11. The summed E-state index contributed by atoms with van der Waals surface area (Å²) < 4.78 is 15.8. The van der Waals surface area contributed by atoms with Crippen LogP contribution < -0.4 is 5.32 Å². The summed E-state index contributed by atoms with van der Waals surface area (Å²) in [7, 11) is 4.00. The van der Waals surface area contributed by atoms with Crippen LogP contribution in [-0.4, -0.2) is 70.2 Å². The van der Waals surface area contributed by atoms with Gasteiger partial charge in [-0.25, -0.2) is 4.79 Å². The lowest BCUT2D eigenvalue weighted by atomic mass is 10.2.